The summed E-state index contributed by atoms with van der Waals surface area (Å²) in [6.07, 6.45) is 4.87. The number of nitrogens with zero attached hydrogens (tertiary/aromatic N) is 7. The van der Waals surface area contributed by atoms with E-state index in [0.717, 1.165) is 27.0 Å². The van der Waals surface area contributed by atoms with Gasteiger partial charge in [-0.1, -0.05) is 6.07 Å². The molecule has 8 nitrogen and oxygen atoms in total. The molecule has 152 valence electrons. The second-order valence-corrected chi connectivity index (χ2v) is 8.57. The van der Waals surface area contributed by atoms with Gasteiger partial charge in [0.15, 0.2) is 0 Å². The molecule has 1 N–H and O–H groups in total. The van der Waals surface area contributed by atoms with Gasteiger partial charge in [0.05, 0.1) is 54.0 Å². The molecule has 0 radical (unpaired) electrons. The monoisotopic (exact) mass is 427 g/mol. The molecule has 31 heavy (non-hydrogen) atoms. The maximum Gasteiger partial charge on any atom is 0.123 e. The molecule has 1 fully saturated rings. The van der Waals surface area contributed by atoms with Crippen LogP contribution in [0.4, 0.5) is 0 Å². The van der Waals surface area contributed by atoms with Crippen LogP contribution in [-0.2, 0) is 12.1 Å². The molecule has 0 amide bonds. The zero-order valence-electron chi connectivity index (χ0n) is 16.4. The summed E-state index contributed by atoms with van der Waals surface area (Å²) in [6.45, 7) is -0.103. The molecule has 3 heterocycles. The third-order valence-corrected chi connectivity index (χ3v) is 6.66. The normalized spacial score (nSPS) is 20.2. The lowest BCUT2D eigenvalue weighted by Gasteiger charge is -2.42. The second-order valence-electron chi connectivity index (χ2n) is 7.71. The first-order chi connectivity index (χ1) is 15.2. The van der Waals surface area contributed by atoms with Gasteiger partial charge in [-0.15, -0.1) is 11.3 Å². The van der Waals surface area contributed by atoms with Gasteiger partial charge in [0.1, 0.15) is 10.7 Å². The molecule has 9 heteroatoms. The van der Waals surface area contributed by atoms with Crippen LogP contribution in [0.25, 0.3) is 32.7 Å². The summed E-state index contributed by atoms with van der Waals surface area (Å²) in [7, 11) is 0. The Morgan fingerprint density at radius 2 is 2.16 bits per heavy atom. The first-order valence-electron chi connectivity index (χ1n) is 9.80. The van der Waals surface area contributed by atoms with Gasteiger partial charge in [0.2, 0.25) is 0 Å². The van der Waals surface area contributed by atoms with E-state index in [1.165, 1.54) is 11.3 Å². The van der Waals surface area contributed by atoms with Crippen LogP contribution in [0.15, 0.2) is 42.0 Å². The van der Waals surface area contributed by atoms with E-state index in [1.54, 1.807) is 17.2 Å². The van der Waals surface area contributed by atoms with E-state index in [9.17, 15) is 15.6 Å². The van der Waals surface area contributed by atoms with Crippen molar-refractivity contribution < 1.29 is 5.11 Å². The van der Waals surface area contributed by atoms with Gasteiger partial charge >= 0.3 is 0 Å². The fourth-order valence-electron chi connectivity index (χ4n) is 4.12. The number of aromatic nitrogens is 5. The van der Waals surface area contributed by atoms with E-state index in [2.05, 4.69) is 27.2 Å². The molecule has 0 bridgehead atoms. The largest absolute Gasteiger partial charge is 0.390 e. The summed E-state index contributed by atoms with van der Waals surface area (Å²) in [5.41, 5.74) is 3.35. The SMILES string of the molecule is N#CC[C@]1(n2ncc(-c3cc(-c4nc(CO)cs4)cc4ncccc34)n2)C[C@H](C#N)C1. The zero-order valence-corrected chi connectivity index (χ0v) is 17.2. The van der Waals surface area contributed by atoms with Gasteiger partial charge in [0.25, 0.3) is 0 Å². The molecule has 0 aliphatic heterocycles. The smallest absolute Gasteiger partial charge is 0.123 e. The molecule has 0 spiro atoms. The van der Waals surface area contributed by atoms with Crippen molar-refractivity contribution in [3.8, 4) is 34.0 Å². The van der Waals surface area contributed by atoms with Gasteiger partial charge in [-0.05, 0) is 31.0 Å². The quantitative estimate of drug-likeness (QED) is 0.515. The van der Waals surface area contributed by atoms with E-state index in [0.29, 0.717) is 24.2 Å². The van der Waals surface area contributed by atoms with Gasteiger partial charge in [-0.3, -0.25) is 4.98 Å². The average Bonchev–Trinajstić information content (AvgIpc) is 3.45. The Kier molecular flexibility index (Phi) is 4.70. The van der Waals surface area contributed by atoms with Gasteiger partial charge < -0.3 is 5.11 Å². The van der Waals surface area contributed by atoms with Crippen LogP contribution in [0.1, 0.15) is 25.0 Å². The summed E-state index contributed by atoms with van der Waals surface area (Å²) in [6, 6.07) is 12.3. The lowest BCUT2D eigenvalue weighted by molar-refractivity contribution is 0.0713. The molecule has 5 rings (SSSR count). The highest BCUT2D eigenvalue weighted by Crippen LogP contribution is 2.45. The molecular weight excluding hydrogens is 410 g/mol. The van der Waals surface area contributed by atoms with Crippen molar-refractivity contribution in [3.63, 3.8) is 0 Å². The molecule has 3 aromatic heterocycles. The molecule has 0 unspecified atom stereocenters. The Morgan fingerprint density at radius 3 is 2.90 bits per heavy atom. The maximum absolute atomic E-state index is 9.36. The van der Waals surface area contributed by atoms with E-state index in [1.807, 2.05) is 29.6 Å². The minimum absolute atomic E-state index is 0.0678. The fraction of sp³-hybridized carbons (Fsp3) is 0.273. The highest BCUT2D eigenvalue weighted by atomic mass is 32.1. The van der Waals surface area contributed by atoms with Gasteiger partial charge in [-0.25, -0.2) is 4.98 Å². The van der Waals surface area contributed by atoms with Crippen molar-refractivity contribution in [2.75, 3.05) is 0 Å². The predicted octanol–water partition coefficient (Wildman–Crippen LogP) is 3.65. The topological polar surface area (TPSA) is 124 Å². The van der Waals surface area contributed by atoms with Crippen molar-refractivity contribution in [1.29, 1.82) is 10.5 Å². The van der Waals surface area contributed by atoms with Crippen LogP contribution < -0.4 is 0 Å². The van der Waals surface area contributed by atoms with Crippen LogP contribution in [0, 0.1) is 28.6 Å². The summed E-state index contributed by atoms with van der Waals surface area (Å²) >= 11 is 1.46. The molecule has 1 aromatic carbocycles. The Morgan fingerprint density at radius 1 is 1.29 bits per heavy atom. The molecule has 1 saturated carbocycles. The number of aliphatic hydroxyl groups is 1. The van der Waals surface area contributed by atoms with E-state index in [4.69, 9.17) is 5.10 Å². The zero-order chi connectivity index (χ0) is 21.4. The highest BCUT2D eigenvalue weighted by Gasteiger charge is 2.48. The fourth-order valence-corrected chi connectivity index (χ4v) is 4.92. The lowest BCUT2D eigenvalue weighted by Crippen LogP contribution is -2.47. The second kappa shape index (κ2) is 7.55. The maximum atomic E-state index is 9.36. The Hall–Kier alpha value is -3.66. The third kappa shape index (κ3) is 3.25. The average molecular weight is 427 g/mol. The van der Waals surface area contributed by atoms with Crippen LogP contribution in [0.2, 0.25) is 0 Å². The van der Waals surface area contributed by atoms with Crippen molar-refractivity contribution in [3.05, 3.63) is 47.7 Å². The van der Waals surface area contributed by atoms with Crippen molar-refractivity contribution in [2.45, 2.75) is 31.4 Å². The summed E-state index contributed by atoms with van der Waals surface area (Å²) in [5.74, 6) is -0.0678. The molecule has 1 aliphatic carbocycles. The number of nitriles is 2. The summed E-state index contributed by atoms with van der Waals surface area (Å²) in [5, 5.41) is 40.6. The van der Waals surface area contributed by atoms with Crippen molar-refractivity contribution in [2.24, 2.45) is 5.92 Å². The van der Waals surface area contributed by atoms with Gasteiger partial charge in [-0.2, -0.15) is 25.5 Å². The van der Waals surface area contributed by atoms with Crippen molar-refractivity contribution >= 4 is 22.2 Å². The summed E-state index contributed by atoms with van der Waals surface area (Å²) < 4.78 is 0. The van der Waals surface area contributed by atoms with Crippen LogP contribution in [0.5, 0.6) is 0 Å². The first-order valence-corrected chi connectivity index (χ1v) is 10.7. The third-order valence-electron chi connectivity index (χ3n) is 5.72. The first kappa shape index (κ1) is 19.3. The Balaban J connectivity index is 1.61. The standard InChI is InChI=1S/C22H17N7OS/c23-4-3-22(8-14(9-22)10-24)29-26-11-20(28-29)18-6-15(21-27-16(12-30)13-31-21)7-19-17(18)2-1-5-25-19/h1-2,5-7,11,13-14,30H,3,8-9,12H2/t14-,22-. The number of thiazole rings is 1. The van der Waals surface area contributed by atoms with E-state index < -0.39 is 5.54 Å². The van der Waals surface area contributed by atoms with E-state index >= 15 is 0 Å². The van der Waals surface area contributed by atoms with Gasteiger partial charge in [0, 0.05) is 28.1 Å². The molecule has 0 saturated heterocycles. The minimum atomic E-state index is -0.523. The number of rotatable bonds is 5. The van der Waals surface area contributed by atoms with Crippen molar-refractivity contribution in [1.82, 2.24) is 25.0 Å². The minimum Gasteiger partial charge on any atom is -0.390 e. The predicted molar refractivity (Wildman–Crippen MR) is 114 cm³/mol. The molecular formula is C22H17N7OS. The van der Waals surface area contributed by atoms with E-state index in [-0.39, 0.29) is 18.9 Å². The molecule has 1 aliphatic rings. The van der Waals surface area contributed by atoms with Crippen LogP contribution in [-0.4, -0.2) is 30.1 Å². The number of pyridine rings is 1. The summed E-state index contributed by atoms with van der Waals surface area (Å²) in [4.78, 5) is 10.6. The number of benzene rings is 1. The Bertz CT molecular complexity index is 1350. The number of fused-ring (bicyclic) bond motifs is 1. The van der Waals surface area contributed by atoms with Crippen LogP contribution in [0.3, 0.4) is 0 Å². The number of hydrogen-bond acceptors (Lipinski definition) is 8. The highest BCUT2D eigenvalue weighted by molar-refractivity contribution is 7.13. The molecule has 4 aromatic rings. The lowest BCUT2D eigenvalue weighted by atomic mass is 9.68. The number of hydrogen-bond donors (Lipinski definition) is 1. The molecule has 0 atom stereocenters. The Labute approximate surface area is 182 Å². The van der Waals surface area contributed by atoms with Crippen LogP contribution >= 0.6 is 11.3 Å². The number of aliphatic hydroxyl groups excluding tert-OH is 1.